The van der Waals surface area contributed by atoms with Crippen molar-refractivity contribution in [3.63, 3.8) is 0 Å². The molecular weight excluding hydrogens is 488 g/mol. The number of hydrogen-bond donors (Lipinski definition) is 3. The predicted molar refractivity (Wildman–Crippen MR) is 127 cm³/mol. The molecule has 11 nitrogen and oxygen atoms in total. The topological polar surface area (TPSA) is 166 Å². The molecule has 0 aromatic heterocycles. The van der Waals surface area contributed by atoms with Crippen molar-refractivity contribution in [3.8, 4) is 0 Å². The van der Waals surface area contributed by atoms with Gasteiger partial charge in [0, 0.05) is 25.3 Å². The van der Waals surface area contributed by atoms with Gasteiger partial charge in [0.05, 0.1) is 5.92 Å². The molecule has 0 bridgehead atoms. The lowest BCUT2D eigenvalue weighted by atomic mass is 9.75. The van der Waals surface area contributed by atoms with Crippen LogP contribution < -0.4 is 0 Å². The molecule has 1 aliphatic heterocycles. The standard InChI is InChI=1S/C26H36O11/c1-8-10-16(28)34-15-11-24(6,37-14(5)27)18-17(21-26(15,33)25(7,32)23(31)36-21)13(4)20(19(18)29)35-22(30)12(3)9-2/h9,15,18-21,29,32-33H,8,10-11H2,1-7H3/b12-9-/t15-,18+,19-,20-,21-,24-,25+,26+/m0/s1. The average molecular weight is 525 g/mol. The highest BCUT2D eigenvalue weighted by atomic mass is 16.6. The first kappa shape index (κ1) is 28.8. The number of fused-ring (bicyclic) bond motifs is 3. The summed E-state index contributed by atoms with van der Waals surface area (Å²) in [5.74, 6) is -4.43. The van der Waals surface area contributed by atoms with Gasteiger partial charge in [-0.25, -0.2) is 9.59 Å². The molecule has 2 fully saturated rings. The summed E-state index contributed by atoms with van der Waals surface area (Å²) in [6.07, 6.45) is -4.30. The SMILES string of the molecule is C/C=C(/C)C(=O)O[C@H]1C(C)=C2[C@H]([C@@H]1O)[C@@](C)(OC(C)=O)C[C@H](OC(=O)CCC)[C@@]1(O)[C@H]2OC(=O)[C@@]1(C)O. The lowest BCUT2D eigenvalue weighted by Gasteiger charge is -2.41. The summed E-state index contributed by atoms with van der Waals surface area (Å²) in [7, 11) is 0. The van der Waals surface area contributed by atoms with Crippen LogP contribution in [0.3, 0.4) is 0 Å². The number of carbonyl (C=O) groups is 4. The Hall–Kier alpha value is -2.76. The van der Waals surface area contributed by atoms with Crippen LogP contribution >= 0.6 is 0 Å². The summed E-state index contributed by atoms with van der Waals surface area (Å²) < 4.78 is 22.3. The van der Waals surface area contributed by atoms with Gasteiger partial charge in [0.1, 0.15) is 23.9 Å². The van der Waals surface area contributed by atoms with Crippen molar-refractivity contribution in [3.05, 3.63) is 22.8 Å². The van der Waals surface area contributed by atoms with Gasteiger partial charge in [-0.3, -0.25) is 9.59 Å². The molecule has 0 aromatic carbocycles. The van der Waals surface area contributed by atoms with Gasteiger partial charge in [0.15, 0.2) is 17.3 Å². The molecule has 0 spiro atoms. The summed E-state index contributed by atoms with van der Waals surface area (Å²) in [4.78, 5) is 50.1. The van der Waals surface area contributed by atoms with E-state index in [4.69, 9.17) is 18.9 Å². The zero-order valence-corrected chi connectivity index (χ0v) is 22.2. The second kappa shape index (κ2) is 9.85. The number of carbonyl (C=O) groups excluding carboxylic acids is 4. The van der Waals surface area contributed by atoms with Gasteiger partial charge >= 0.3 is 23.9 Å². The van der Waals surface area contributed by atoms with Crippen LogP contribution in [0.4, 0.5) is 0 Å². The largest absolute Gasteiger partial charge is 0.459 e. The zero-order valence-electron chi connectivity index (χ0n) is 22.2. The number of aliphatic hydroxyl groups is 3. The van der Waals surface area contributed by atoms with E-state index in [9.17, 15) is 34.5 Å². The van der Waals surface area contributed by atoms with Gasteiger partial charge in [0.2, 0.25) is 0 Å². The van der Waals surface area contributed by atoms with Crippen LogP contribution in [0.25, 0.3) is 0 Å². The van der Waals surface area contributed by atoms with Crippen LogP contribution in [0.5, 0.6) is 0 Å². The number of esters is 4. The van der Waals surface area contributed by atoms with E-state index in [1.165, 1.54) is 26.8 Å². The second-order valence-corrected chi connectivity index (χ2v) is 10.4. The molecule has 0 aromatic rings. The third-order valence-corrected chi connectivity index (χ3v) is 7.79. The van der Waals surface area contributed by atoms with Crippen molar-refractivity contribution in [1.82, 2.24) is 0 Å². The van der Waals surface area contributed by atoms with Gasteiger partial charge in [-0.05, 0) is 52.2 Å². The van der Waals surface area contributed by atoms with E-state index >= 15 is 0 Å². The molecular formula is C26H36O11. The number of rotatable bonds is 6. The fourth-order valence-electron chi connectivity index (χ4n) is 5.72. The molecule has 0 amide bonds. The van der Waals surface area contributed by atoms with Crippen molar-refractivity contribution in [2.45, 2.75) is 109 Å². The quantitative estimate of drug-likeness (QED) is 0.196. The third kappa shape index (κ3) is 4.46. The number of hydrogen-bond acceptors (Lipinski definition) is 11. The predicted octanol–water partition coefficient (Wildman–Crippen LogP) is 1.02. The first-order chi connectivity index (χ1) is 17.1. The smallest absolute Gasteiger partial charge is 0.341 e. The molecule has 3 rings (SSSR count). The Morgan fingerprint density at radius 1 is 1.16 bits per heavy atom. The van der Waals surface area contributed by atoms with E-state index in [2.05, 4.69) is 0 Å². The van der Waals surface area contributed by atoms with Gasteiger partial charge in [-0.15, -0.1) is 0 Å². The van der Waals surface area contributed by atoms with Crippen molar-refractivity contribution in [1.29, 1.82) is 0 Å². The lowest BCUT2D eigenvalue weighted by molar-refractivity contribution is -0.211. The molecule has 8 atom stereocenters. The minimum Gasteiger partial charge on any atom is -0.459 e. The highest BCUT2D eigenvalue weighted by Crippen LogP contribution is 2.56. The summed E-state index contributed by atoms with van der Waals surface area (Å²) in [5, 5.41) is 34.7. The second-order valence-electron chi connectivity index (χ2n) is 10.4. The molecule has 11 heteroatoms. The van der Waals surface area contributed by atoms with Crippen molar-refractivity contribution in [2.75, 3.05) is 0 Å². The molecule has 0 unspecified atom stereocenters. The maximum absolute atomic E-state index is 12.8. The Bertz CT molecular complexity index is 1060. The molecule has 1 heterocycles. The minimum atomic E-state index is -2.53. The van der Waals surface area contributed by atoms with Crippen molar-refractivity contribution < 1.29 is 53.4 Å². The zero-order chi connectivity index (χ0) is 28.1. The maximum atomic E-state index is 12.8. The summed E-state index contributed by atoms with van der Waals surface area (Å²) >= 11 is 0. The monoisotopic (exact) mass is 524 g/mol. The number of aliphatic hydroxyl groups excluding tert-OH is 1. The summed E-state index contributed by atoms with van der Waals surface area (Å²) in [6.45, 7) is 10.2. The van der Waals surface area contributed by atoms with Crippen molar-refractivity contribution >= 4 is 23.9 Å². The van der Waals surface area contributed by atoms with Crippen LogP contribution in [-0.2, 0) is 38.1 Å². The molecule has 1 saturated carbocycles. The fraction of sp³-hybridized carbons (Fsp3) is 0.692. The molecule has 1 saturated heterocycles. The molecule has 206 valence electrons. The Balaban J connectivity index is 2.26. The number of allylic oxidation sites excluding steroid dienone is 1. The van der Waals surface area contributed by atoms with Gasteiger partial charge in [-0.2, -0.15) is 0 Å². The van der Waals surface area contributed by atoms with E-state index < -0.39 is 77.4 Å². The lowest BCUT2D eigenvalue weighted by Crippen LogP contribution is -2.64. The van der Waals surface area contributed by atoms with Crippen LogP contribution in [0, 0.1) is 5.92 Å². The maximum Gasteiger partial charge on any atom is 0.341 e. The highest BCUT2D eigenvalue weighted by Gasteiger charge is 2.75. The van der Waals surface area contributed by atoms with Gasteiger partial charge in [-0.1, -0.05) is 13.0 Å². The molecule has 3 aliphatic rings. The minimum absolute atomic E-state index is 0.00538. The number of ether oxygens (including phenoxy) is 4. The van der Waals surface area contributed by atoms with Gasteiger partial charge < -0.3 is 34.3 Å². The normalized spacial score (nSPS) is 39.4. The van der Waals surface area contributed by atoms with E-state index in [0.717, 1.165) is 13.8 Å². The van der Waals surface area contributed by atoms with E-state index in [-0.39, 0.29) is 23.1 Å². The first-order valence-corrected chi connectivity index (χ1v) is 12.3. The van der Waals surface area contributed by atoms with Crippen LogP contribution in [0.2, 0.25) is 0 Å². The Labute approximate surface area is 215 Å². The summed E-state index contributed by atoms with van der Waals surface area (Å²) in [5.41, 5.74) is -6.02. The van der Waals surface area contributed by atoms with E-state index in [0.29, 0.717) is 6.42 Å². The summed E-state index contributed by atoms with van der Waals surface area (Å²) in [6, 6.07) is 0. The van der Waals surface area contributed by atoms with Crippen molar-refractivity contribution in [2.24, 2.45) is 5.92 Å². The molecule has 3 N–H and O–H groups in total. The Morgan fingerprint density at radius 3 is 2.32 bits per heavy atom. The van der Waals surface area contributed by atoms with Gasteiger partial charge in [0.25, 0.3) is 0 Å². The molecule has 37 heavy (non-hydrogen) atoms. The third-order valence-electron chi connectivity index (χ3n) is 7.79. The Kier molecular flexibility index (Phi) is 7.66. The molecule has 0 radical (unpaired) electrons. The Morgan fingerprint density at radius 2 is 1.78 bits per heavy atom. The van der Waals surface area contributed by atoms with Crippen LogP contribution in [-0.4, -0.2) is 80.4 Å². The van der Waals surface area contributed by atoms with E-state index in [1.54, 1.807) is 13.8 Å². The molecule has 2 aliphatic carbocycles. The fourth-order valence-corrected chi connectivity index (χ4v) is 5.72. The van der Waals surface area contributed by atoms with Crippen LogP contribution in [0.15, 0.2) is 22.8 Å². The van der Waals surface area contributed by atoms with Crippen LogP contribution in [0.1, 0.15) is 67.7 Å². The van der Waals surface area contributed by atoms with E-state index in [1.807, 2.05) is 0 Å². The average Bonchev–Trinajstić information content (AvgIpc) is 3.11. The highest BCUT2D eigenvalue weighted by molar-refractivity contribution is 5.88. The first-order valence-electron chi connectivity index (χ1n) is 12.3.